The zero-order chi connectivity index (χ0) is 20.4. The molecule has 0 heterocycles. The number of para-hydroxylation sites is 1. The summed E-state index contributed by atoms with van der Waals surface area (Å²) in [5, 5.41) is 28.9. The third-order valence-electron chi connectivity index (χ3n) is 3.88. The smallest absolute Gasteiger partial charge is 0.348 e. The van der Waals surface area contributed by atoms with Crippen LogP contribution < -0.4 is 0 Å². The van der Waals surface area contributed by atoms with Crippen LogP contribution >= 0.6 is 0 Å². The molecule has 2 rings (SSSR count). The number of aromatic hydroxyl groups is 1. The average Bonchev–Trinajstić information content (AvgIpc) is 2.56. The minimum atomic E-state index is -2.44. The molecule has 0 aliphatic carbocycles. The van der Waals surface area contributed by atoms with E-state index in [0.717, 1.165) is 6.07 Å². The minimum Gasteiger partial charge on any atom is -0.504 e. The second-order valence-corrected chi connectivity index (χ2v) is 7.16. The van der Waals surface area contributed by atoms with Crippen LogP contribution in [0.15, 0.2) is 42.5 Å². The molecule has 0 bridgehead atoms. The van der Waals surface area contributed by atoms with Gasteiger partial charge in [0.1, 0.15) is 0 Å². The fourth-order valence-electron chi connectivity index (χ4n) is 2.73. The van der Waals surface area contributed by atoms with Crippen LogP contribution in [0.1, 0.15) is 26.3 Å². The number of hydrogen-bond acceptors (Lipinski definition) is 4. The Morgan fingerprint density at radius 1 is 1.00 bits per heavy atom. The highest BCUT2D eigenvalue weighted by molar-refractivity contribution is 6.02. The molecule has 2 aromatic rings. The average molecular weight is 376 g/mol. The number of halogens is 1. The van der Waals surface area contributed by atoms with E-state index in [1.54, 1.807) is 32.9 Å². The summed E-state index contributed by atoms with van der Waals surface area (Å²) in [4.78, 5) is 23.5. The van der Waals surface area contributed by atoms with E-state index < -0.39 is 41.1 Å². The Labute approximate surface area is 155 Å². The van der Waals surface area contributed by atoms with Crippen molar-refractivity contribution in [2.75, 3.05) is 0 Å². The number of carbonyl (C=O) groups is 2. The Hall–Kier alpha value is -2.93. The van der Waals surface area contributed by atoms with E-state index >= 15 is 0 Å². The Morgan fingerprint density at radius 2 is 1.56 bits per heavy atom. The molecule has 0 aliphatic rings. The van der Waals surface area contributed by atoms with Crippen LogP contribution in [0.2, 0.25) is 0 Å². The summed E-state index contributed by atoms with van der Waals surface area (Å²) in [6, 6.07) is 10.3. The summed E-state index contributed by atoms with van der Waals surface area (Å²) in [5.74, 6) is -4.45. The van der Waals surface area contributed by atoms with Gasteiger partial charge in [-0.3, -0.25) is 0 Å². The topological polar surface area (TPSA) is 104 Å². The predicted molar refractivity (Wildman–Crippen MR) is 96.0 cm³/mol. The number of phenols is 1. The lowest BCUT2D eigenvalue weighted by atomic mass is 9.92. The largest absolute Gasteiger partial charge is 0.504 e. The van der Waals surface area contributed by atoms with Gasteiger partial charge in [0.25, 0.3) is 5.60 Å². The molecule has 0 spiro atoms. The minimum absolute atomic E-state index is 0.273. The van der Waals surface area contributed by atoms with Crippen molar-refractivity contribution in [1.82, 2.24) is 0 Å². The van der Waals surface area contributed by atoms with Crippen molar-refractivity contribution < 1.29 is 34.0 Å². The normalized spacial score (nSPS) is 12.0. The molecule has 0 saturated carbocycles. The van der Waals surface area contributed by atoms with Crippen molar-refractivity contribution in [2.24, 2.45) is 0 Å². The number of carboxylic acids is 2. The molecule has 0 fully saturated rings. The standard InChI is InChI=1S/C20H21FO6/c1-19(2,3)27-20(17(23)24,18(25)26)11-12-7-9-13(10-8-12)14-5-4-6-15(21)16(14)22/h4-10,22H,11H2,1-3H3,(H,23,24)(H,25,26). The van der Waals surface area contributed by atoms with Crippen molar-refractivity contribution in [3.63, 3.8) is 0 Å². The Bertz CT molecular complexity index is 838. The maximum atomic E-state index is 13.5. The molecule has 0 saturated heterocycles. The first kappa shape index (κ1) is 20.4. The number of benzene rings is 2. The van der Waals surface area contributed by atoms with Gasteiger partial charge in [0.2, 0.25) is 0 Å². The molecular formula is C20H21FO6. The van der Waals surface area contributed by atoms with E-state index in [2.05, 4.69) is 0 Å². The number of hydrogen-bond donors (Lipinski definition) is 3. The summed E-state index contributed by atoms with van der Waals surface area (Å²) >= 11 is 0. The highest BCUT2D eigenvalue weighted by atomic mass is 19.1. The lowest BCUT2D eigenvalue weighted by molar-refractivity contribution is -0.199. The molecule has 0 aliphatic heterocycles. The van der Waals surface area contributed by atoms with Crippen LogP contribution in [0.3, 0.4) is 0 Å². The van der Waals surface area contributed by atoms with Crippen LogP contribution in [0.5, 0.6) is 5.75 Å². The van der Waals surface area contributed by atoms with Gasteiger partial charge in [-0.1, -0.05) is 36.4 Å². The van der Waals surface area contributed by atoms with Crippen molar-refractivity contribution >= 4 is 11.9 Å². The first-order valence-electron chi connectivity index (χ1n) is 8.20. The third-order valence-corrected chi connectivity index (χ3v) is 3.88. The van der Waals surface area contributed by atoms with E-state index in [4.69, 9.17) is 4.74 Å². The van der Waals surface area contributed by atoms with E-state index in [-0.39, 0.29) is 5.56 Å². The fourth-order valence-corrected chi connectivity index (χ4v) is 2.73. The highest BCUT2D eigenvalue weighted by Crippen LogP contribution is 2.32. The SMILES string of the molecule is CC(C)(C)OC(Cc1ccc(-c2cccc(F)c2O)cc1)(C(=O)O)C(=O)O. The van der Waals surface area contributed by atoms with Gasteiger partial charge in [-0.2, -0.15) is 0 Å². The monoisotopic (exact) mass is 376 g/mol. The van der Waals surface area contributed by atoms with Crippen LogP contribution in [-0.4, -0.2) is 38.5 Å². The number of phenolic OH excluding ortho intramolecular Hbond substituents is 1. The van der Waals surface area contributed by atoms with Crippen LogP contribution in [0.4, 0.5) is 4.39 Å². The van der Waals surface area contributed by atoms with Crippen LogP contribution in [0, 0.1) is 5.82 Å². The predicted octanol–water partition coefficient (Wildman–Crippen LogP) is 3.46. The molecule has 0 atom stereocenters. The van der Waals surface area contributed by atoms with E-state index in [1.165, 1.54) is 24.3 Å². The van der Waals surface area contributed by atoms with Crippen molar-refractivity contribution in [3.05, 3.63) is 53.8 Å². The molecule has 27 heavy (non-hydrogen) atoms. The van der Waals surface area contributed by atoms with E-state index in [9.17, 15) is 29.3 Å². The second kappa shape index (κ2) is 7.36. The van der Waals surface area contributed by atoms with Crippen molar-refractivity contribution in [3.8, 4) is 16.9 Å². The molecule has 2 aromatic carbocycles. The number of aliphatic carboxylic acids is 2. The quantitative estimate of drug-likeness (QED) is 0.667. The van der Waals surface area contributed by atoms with Crippen molar-refractivity contribution in [1.29, 1.82) is 0 Å². The first-order valence-corrected chi connectivity index (χ1v) is 8.20. The molecule has 6 nitrogen and oxygen atoms in total. The first-order chi connectivity index (χ1) is 12.5. The van der Waals surface area contributed by atoms with Gasteiger partial charge >= 0.3 is 11.9 Å². The van der Waals surface area contributed by atoms with Gasteiger partial charge < -0.3 is 20.1 Å². The van der Waals surface area contributed by atoms with Crippen molar-refractivity contribution in [2.45, 2.75) is 38.4 Å². The van der Waals surface area contributed by atoms with Crippen LogP contribution in [0.25, 0.3) is 11.1 Å². The molecule has 0 amide bonds. The Morgan fingerprint density at radius 3 is 2.04 bits per heavy atom. The van der Waals surface area contributed by atoms with Gasteiger partial charge in [-0.05, 0) is 38.0 Å². The molecule has 0 radical (unpaired) electrons. The lowest BCUT2D eigenvalue weighted by Crippen LogP contribution is -2.54. The van der Waals surface area contributed by atoms with Gasteiger partial charge in [-0.25, -0.2) is 14.0 Å². The number of ether oxygens (including phenoxy) is 1. The number of rotatable bonds is 6. The molecule has 7 heteroatoms. The Kier molecular flexibility index (Phi) is 5.56. The summed E-state index contributed by atoms with van der Waals surface area (Å²) in [5.41, 5.74) is -2.26. The highest BCUT2D eigenvalue weighted by Gasteiger charge is 2.50. The summed E-state index contributed by atoms with van der Waals surface area (Å²) in [6.45, 7) is 4.72. The van der Waals surface area contributed by atoms with E-state index in [1.807, 2.05) is 0 Å². The summed E-state index contributed by atoms with van der Waals surface area (Å²) in [7, 11) is 0. The Balaban J connectivity index is 2.38. The molecule has 0 unspecified atom stereocenters. The van der Waals surface area contributed by atoms with Gasteiger partial charge in [0.05, 0.1) is 5.60 Å². The summed E-state index contributed by atoms with van der Waals surface area (Å²) in [6.07, 6.45) is -0.398. The maximum Gasteiger partial charge on any atom is 0.348 e. The van der Waals surface area contributed by atoms with Gasteiger partial charge in [0, 0.05) is 12.0 Å². The second-order valence-electron chi connectivity index (χ2n) is 7.16. The lowest BCUT2D eigenvalue weighted by Gasteiger charge is -2.33. The van der Waals surface area contributed by atoms with Gasteiger partial charge in [0.15, 0.2) is 11.6 Å². The van der Waals surface area contributed by atoms with Crippen LogP contribution in [-0.2, 0) is 20.7 Å². The number of carboxylic acid groups (broad SMARTS) is 2. The molecule has 144 valence electrons. The molecule has 0 aromatic heterocycles. The van der Waals surface area contributed by atoms with Gasteiger partial charge in [-0.15, -0.1) is 0 Å². The molecule has 3 N–H and O–H groups in total. The fraction of sp³-hybridized carbons (Fsp3) is 0.300. The molecular weight excluding hydrogens is 355 g/mol. The van der Waals surface area contributed by atoms with E-state index in [0.29, 0.717) is 11.1 Å². The maximum absolute atomic E-state index is 13.5. The summed E-state index contributed by atoms with van der Waals surface area (Å²) < 4.78 is 18.9. The third kappa shape index (κ3) is 4.43. The zero-order valence-corrected chi connectivity index (χ0v) is 15.2. The zero-order valence-electron chi connectivity index (χ0n) is 15.2.